The van der Waals surface area contributed by atoms with E-state index in [-0.39, 0.29) is 5.91 Å². The van der Waals surface area contributed by atoms with Crippen molar-refractivity contribution >= 4 is 27.5 Å². The van der Waals surface area contributed by atoms with E-state index < -0.39 is 0 Å². The molecule has 0 unspecified atom stereocenters. The number of allylic oxidation sites excluding steroid dienone is 1. The van der Waals surface area contributed by atoms with Crippen LogP contribution in [0.15, 0.2) is 52.5 Å². The lowest BCUT2D eigenvalue weighted by atomic mass is 10.2. The van der Waals surface area contributed by atoms with Crippen molar-refractivity contribution in [3.8, 4) is 22.6 Å². The number of amides is 1. The topological polar surface area (TPSA) is 38.3 Å². The van der Waals surface area contributed by atoms with Gasteiger partial charge in [0.15, 0.2) is 0 Å². The molecule has 1 N–H and O–H groups in total. The van der Waals surface area contributed by atoms with Crippen LogP contribution >= 0.6 is 15.9 Å². The molecule has 3 nitrogen and oxygen atoms in total. The van der Waals surface area contributed by atoms with Gasteiger partial charge in [0, 0.05) is 16.1 Å². The quantitative estimate of drug-likeness (QED) is 0.667. The number of fused-ring (bicyclic) bond motifs is 1. The lowest BCUT2D eigenvalue weighted by Crippen LogP contribution is -2.08. The number of rotatable bonds is 4. The van der Waals surface area contributed by atoms with Gasteiger partial charge in [-0.2, -0.15) is 0 Å². The minimum atomic E-state index is -0.139. The highest BCUT2D eigenvalue weighted by atomic mass is 79.9. The smallest absolute Gasteiger partial charge is 0.248 e. The lowest BCUT2D eigenvalue weighted by molar-refractivity contribution is -0.111. The van der Waals surface area contributed by atoms with Gasteiger partial charge in [-0.15, -0.1) is 0 Å². The van der Waals surface area contributed by atoms with E-state index in [0.717, 1.165) is 27.2 Å². The highest BCUT2D eigenvalue weighted by Gasteiger charge is 2.19. The average molecular weight is 344 g/mol. The van der Waals surface area contributed by atoms with Gasteiger partial charge in [0.05, 0.1) is 5.69 Å². The van der Waals surface area contributed by atoms with Crippen LogP contribution in [0, 0.1) is 0 Å². The zero-order valence-corrected chi connectivity index (χ0v) is 13.3. The van der Waals surface area contributed by atoms with Crippen LogP contribution in [0.25, 0.3) is 11.1 Å². The predicted molar refractivity (Wildman–Crippen MR) is 87.7 cm³/mol. The highest BCUT2D eigenvalue weighted by Crippen LogP contribution is 2.45. The lowest BCUT2D eigenvalue weighted by Gasteiger charge is -2.09. The van der Waals surface area contributed by atoms with Crippen LogP contribution in [0.3, 0.4) is 0 Å². The molecule has 0 aromatic heterocycles. The second kappa shape index (κ2) is 5.37. The fourth-order valence-electron chi connectivity index (χ4n) is 2.03. The predicted octanol–water partition coefficient (Wildman–Crippen LogP) is 5.13. The molecule has 106 valence electrons. The zero-order chi connectivity index (χ0) is 15.0. The number of hydrogen-bond acceptors (Lipinski definition) is 2. The van der Waals surface area contributed by atoms with E-state index in [1.807, 2.05) is 44.2 Å². The second-order valence-electron chi connectivity index (χ2n) is 5.17. The number of carbonyl (C=O) groups excluding carboxylic acids is 1. The van der Waals surface area contributed by atoms with Crippen molar-refractivity contribution in [1.82, 2.24) is 0 Å². The summed E-state index contributed by atoms with van der Waals surface area (Å²) in [5, 5.41) is 2.83. The van der Waals surface area contributed by atoms with Crippen molar-refractivity contribution in [3.05, 3.63) is 52.5 Å². The van der Waals surface area contributed by atoms with Crippen LogP contribution in [0.4, 0.5) is 5.69 Å². The third-order valence-electron chi connectivity index (χ3n) is 3.05. The standard InChI is InChI=1S/C17H14BrNO2/c1-10(2)7-17(20)19-15-5-4-12(9-14(15)18)21-16-6-3-11-8-13(11)16/h3-9H,1-2H3,(H,19,20). The number of halogens is 1. The first-order chi connectivity index (χ1) is 10.0. The average Bonchev–Trinajstić information content (AvgIpc) is 3.08. The molecule has 21 heavy (non-hydrogen) atoms. The first-order valence-corrected chi connectivity index (χ1v) is 7.40. The van der Waals surface area contributed by atoms with Gasteiger partial charge >= 0.3 is 0 Å². The van der Waals surface area contributed by atoms with E-state index in [1.54, 1.807) is 6.08 Å². The maximum atomic E-state index is 11.7. The Morgan fingerprint density at radius 1 is 1.19 bits per heavy atom. The van der Waals surface area contributed by atoms with Crippen LogP contribution in [0.2, 0.25) is 0 Å². The van der Waals surface area contributed by atoms with E-state index in [1.165, 1.54) is 11.1 Å². The van der Waals surface area contributed by atoms with Gasteiger partial charge in [-0.25, -0.2) is 0 Å². The van der Waals surface area contributed by atoms with Crippen molar-refractivity contribution in [2.75, 3.05) is 5.32 Å². The first kappa shape index (κ1) is 13.9. The molecule has 2 aliphatic rings. The Kier molecular flexibility index (Phi) is 3.55. The van der Waals surface area contributed by atoms with Crippen LogP contribution in [-0.2, 0) is 4.79 Å². The van der Waals surface area contributed by atoms with Gasteiger partial charge in [-0.3, -0.25) is 4.79 Å². The van der Waals surface area contributed by atoms with Crippen molar-refractivity contribution in [2.45, 2.75) is 13.8 Å². The summed E-state index contributed by atoms with van der Waals surface area (Å²) in [4.78, 5) is 11.7. The Bertz CT molecular complexity index is 761. The Labute approximate surface area is 131 Å². The fraction of sp³-hybridized carbons (Fsp3) is 0.118. The highest BCUT2D eigenvalue weighted by molar-refractivity contribution is 9.10. The van der Waals surface area contributed by atoms with Crippen LogP contribution in [0.1, 0.15) is 13.8 Å². The molecule has 1 amide bonds. The molecule has 0 spiro atoms. The molecule has 0 heterocycles. The number of nitrogens with one attached hydrogen (secondary N) is 1. The summed E-state index contributed by atoms with van der Waals surface area (Å²) in [6.07, 6.45) is 1.56. The Balaban J connectivity index is 1.72. The van der Waals surface area contributed by atoms with Gasteiger partial charge in [0.2, 0.25) is 5.91 Å². The third-order valence-corrected chi connectivity index (χ3v) is 3.71. The van der Waals surface area contributed by atoms with Crippen molar-refractivity contribution in [2.24, 2.45) is 0 Å². The molecule has 0 aliphatic heterocycles. The molecule has 0 saturated heterocycles. The SMILES string of the molecule is CC(C)=CC(=O)Nc1ccc(Oc2ccc3cc2-3)cc1Br. The normalized spacial score (nSPS) is 10.8. The maximum Gasteiger partial charge on any atom is 0.248 e. The molecule has 4 heteroatoms. The van der Waals surface area contributed by atoms with E-state index in [2.05, 4.69) is 27.3 Å². The number of ether oxygens (including phenoxy) is 1. The van der Waals surface area contributed by atoms with Gasteiger partial charge in [0.25, 0.3) is 0 Å². The summed E-state index contributed by atoms with van der Waals surface area (Å²) in [5.41, 5.74) is 4.09. The van der Waals surface area contributed by atoms with Crippen LogP contribution in [0.5, 0.6) is 11.5 Å². The van der Waals surface area contributed by atoms with E-state index >= 15 is 0 Å². The summed E-state index contributed by atoms with van der Waals surface area (Å²) in [6, 6.07) is 11.6. The van der Waals surface area contributed by atoms with Crippen LogP contribution in [-0.4, -0.2) is 5.91 Å². The van der Waals surface area contributed by atoms with Gasteiger partial charge < -0.3 is 10.1 Å². The minimum Gasteiger partial charge on any atom is -0.457 e. The molecule has 3 rings (SSSR count). The molecular formula is C17H14BrNO2. The third kappa shape index (κ3) is 3.16. The molecule has 0 radical (unpaired) electrons. The molecular weight excluding hydrogens is 330 g/mol. The molecule has 2 aliphatic carbocycles. The largest absolute Gasteiger partial charge is 0.457 e. The molecule has 1 aromatic carbocycles. The number of benzene rings is 2. The molecule has 1 aromatic rings. The maximum absolute atomic E-state index is 11.7. The van der Waals surface area contributed by atoms with Crippen molar-refractivity contribution in [1.29, 1.82) is 0 Å². The molecule has 0 fully saturated rings. The molecule has 0 atom stereocenters. The molecule has 0 bridgehead atoms. The number of hydrogen-bond donors (Lipinski definition) is 1. The zero-order valence-electron chi connectivity index (χ0n) is 11.7. The summed E-state index contributed by atoms with van der Waals surface area (Å²) >= 11 is 3.45. The van der Waals surface area contributed by atoms with Crippen molar-refractivity contribution < 1.29 is 9.53 Å². The van der Waals surface area contributed by atoms with Crippen molar-refractivity contribution in [3.63, 3.8) is 0 Å². The fourth-order valence-corrected chi connectivity index (χ4v) is 2.49. The van der Waals surface area contributed by atoms with Crippen LogP contribution < -0.4 is 10.1 Å². The second-order valence-corrected chi connectivity index (χ2v) is 6.02. The summed E-state index contributed by atoms with van der Waals surface area (Å²) < 4.78 is 6.61. The monoisotopic (exact) mass is 343 g/mol. The van der Waals surface area contributed by atoms with Gasteiger partial charge in [0.1, 0.15) is 11.5 Å². The Hall–Kier alpha value is -2.07. The van der Waals surface area contributed by atoms with E-state index in [9.17, 15) is 4.79 Å². The first-order valence-electron chi connectivity index (χ1n) is 6.60. The van der Waals surface area contributed by atoms with E-state index in [0.29, 0.717) is 0 Å². The van der Waals surface area contributed by atoms with E-state index in [4.69, 9.17) is 4.74 Å². The van der Waals surface area contributed by atoms with Gasteiger partial charge in [-0.1, -0.05) is 11.6 Å². The summed E-state index contributed by atoms with van der Waals surface area (Å²) in [5.74, 6) is 1.47. The minimum absolute atomic E-state index is 0.139. The Morgan fingerprint density at radius 3 is 2.57 bits per heavy atom. The van der Waals surface area contributed by atoms with Gasteiger partial charge in [-0.05, 0) is 65.7 Å². The summed E-state index contributed by atoms with van der Waals surface area (Å²) in [6.45, 7) is 3.77. The number of anilines is 1. The number of carbonyl (C=O) groups is 1. The Morgan fingerprint density at radius 2 is 2.00 bits per heavy atom. The molecule has 0 saturated carbocycles. The summed E-state index contributed by atoms with van der Waals surface area (Å²) in [7, 11) is 0.